The zero-order valence-corrected chi connectivity index (χ0v) is 14.5. The number of nitrogens with one attached hydrogen (secondary N) is 1. The number of rotatable bonds is 3. The van der Waals surface area contributed by atoms with Gasteiger partial charge in [-0.2, -0.15) is 0 Å². The Hall–Kier alpha value is -1.53. The van der Waals surface area contributed by atoms with Crippen LogP contribution in [0.4, 0.5) is 5.82 Å². The highest BCUT2D eigenvalue weighted by Gasteiger charge is 2.14. The summed E-state index contributed by atoms with van der Waals surface area (Å²) in [6.07, 6.45) is 0. The molecule has 3 aromatic rings. The number of fused-ring (bicyclic) bond motifs is 1. The molecule has 108 valence electrons. The van der Waals surface area contributed by atoms with E-state index < -0.39 is 0 Å². The summed E-state index contributed by atoms with van der Waals surface area (Å²) in [4.78, 5) is 14.9. The summed E-state index contributed by atoms with van der Waals surface area (Å²) in [5.41, 5.74) is 1.92. The summed E-state index contributed by atoms with van der Waals surface area (Å²) in [5.74, 6) is 1.60. The molecule has 6 heteroatoms. The molecule has 0 aliphatic carbocycles. The van der Waals surface area contributed by atoms with Crippen molar-refractivity contribution >= 4 is 44.0 Å². The molecule has 2 heterocycles. The first-order valence-corrected chi connectivity index (χ1v) is 8.35. The number of hydrogen-bond donors (Lipinski definition) is 1. The zero-order valence-electron chi connectivity index (χ0n) is 12.1. The third-order valence-corrected chi connectivity index (χ3v) is 4.67. The van der Waals surface area contributed by atoms with Crippen LogP contribution >= 0.6 is 27.3 Å². The maximum atomic E-state index is 4.70. The van der Waals surface area contributed by atoms with Gasteiger partial charge in [-0.3, -0.25) is 0 Å². The van der Waals surface area contributed by atoms with Crippen molar-refractivity contribution in [1.29, 1.82) is 0 Å². The lowest BCUT2D eigenvalue weighted by molar-refractivity contribution is 1.14. The lowest BCUT2D eigenvalue weighted by atomic mass is 10.2. The summed E-state index contributed by atoms with van der Waals surface area (Å²) < 4.78 is 1.02. The van der Waals surface area contributed by atoms with Gasteiger partial charge in [0, 0.05) is 16.4 Å². The van der Waals surface area contributed by atoms with E-state index in [4.69, 9.17) is 9.97 Å². The monoisotopic (exact) mass is 362 g/mol. The first kappa shape index (κ1) is 14.4. The third kappa shape index (κ3) is 2.78. The quantitative estimate of drug-likeness (QED) is 0.741. The normalized spacial score (nSPS) is 11.0. The van der Waals surface area contributed by atoms with Gasteiger partial charge in [0.05, 0.1) is 21.1 Å². The molecule has 3 rings (SSSR count). The number of aromatic nitrogens is 3. The predicted octanol–water partition coefficient (Wildman–Crippen LogP) is 4.56. The van der Waals surface area contributed by atoms with Crippen molar-refractivity contribution in [2.24, 2.45) is 0 Å². The number of halogens is 1. The largest absolute Gasteiger partial charge is 0.370 e. The number of nitrogens with zero attached hydrogens (tertiary/aromatic N) is 3. The van der Waals surface area contributed by atoms with Crippen molar-refractivity contribution in [2.45, 2.75) is 20.8 Å². The van der Waals surface area contributed by atoms with Crippen LogP contribution in [0.15, 0.2) is 22.7 Å². The van der Waals surface area contributed by atoms with Gasteiger partial charge in [0.1, 0.15) is 5.82 Å². The van der Waals surface area contributed by atoms with E-state index in [2.05, 4.69) is 33.2 Å². The summed E-state index contributed by atoms with van der Waals surface area (Å²) in [7, 11) is 0. The lowest BCUT2D eigenvalue weighted by Crippen LogP contribution is -2.03. The highest BCUT2D eigenvalue weighted by Crippen LogP contribution is 2.31. The molecular formula is C15H15BrN4S. The average molecular weight is 363 g/mol. The summed E-state index contributed by atoms with van der Waals surface area (Å²) >= 11 is 5.14. The number of anilines is 1. The van der Waals surface area contributed by atoms with Crippen molar-refractivity contribution in [3.63, 3.8) is 0 Å². The van der Waals surface area contributed by atoms with Crippen molar-refractivity contribution in [3.05, 3.63) is 33.4 Å². The molecule has 1 N–H and O–H groups in total. The smallest absolute Gasteiger partial charge is 0.174 e. The van der Waals surface area contributed by atoms with Crippen molar-refractivity contribution < 1.29 is 0 Å². The Labute approximate surface area is 135 Å². The number of thiazole rings is 1. The van der Waals surface area contributed by atoms with Crippen molar-refractivity contribution in [2.75, 3.05) is 11.9 Å². The molecule has 0 atom stereocenters. The molecule has 4 nitrogen and oxygen atoms in total. The molecule has 0 amide bonds. The summed E-state index contributed by atoms with van der Waals surface area (Å²) in [6.45, 7) is 6.89. The van der Waals surface area contributed by atoms with E-state index >= 15 is 0 Å². The van der Waals surface area contributed by atoms with Crippen LogP contribution in [0, 0.1) is 13.8 Å². The van der Waals surface area contributed by atoms with E-state index in [-0.39, 0.29) is 0 Å². The second kappa shape index (κ2) is 5.69. The molecule has 0 fully saturated rings. The topological polar surface area (TPSA) is 50.7 Å². The molecule has 0 radical (unpaired) electrons. The standard InChI is InChI=1S/C15H15BrN4S/c1-4-17-14-11-7-10(16)5-6-12(11)19-15(20-14)13-8(2)18-9(3)21-13/h5-7H,4H2,1-3H3,(H,17,19,20). The molecule has 0 spiro atoms. The summed E-state index contributed by atoms with van der Waals surface area (Å²) in [5, 5.41) is 5.38. The fraction of sp³-hybridized carbons (Fsp3) is 0.267. The molecule has 1 aromatic carbocycles. The predicted molar refractivity (Wildman–Crippen MR) is 92.0 cm³/mol. The van der Waals surface area contributed by atoms with Gasteiger partial charge in [0.15, 0.2) is 5.82 Å². The highest BCUT2D eigenvalue weighted by atomic mass is 79.9. The van der Waals surface area contributed by atoms with Gasteiger partial charge in [-0.1, -0.05) is 15.9 Å². The Morgan fingerprint density at radius 1 is 1.19 bits per heavy atom. The lowest BCUT2D eigenvalue weighted by Gasteiger charge is -2.09. The fourth-order valence-electron chi connectivity index (χ4n) is 2.24. The third-order valence-electron chi connectivity index (χ3n) is 3.11. The first-order valence-electron chi connectivity index (χ1n) is 6.74. The number of hydrogen-bond acceptors (Lipinski definition) is 5. The minimum atomic E-state index is 0.740. The molecule has 0 aliphatic rings. The maximum absolute atomic E-state index is 4.70. The van der Waals surface area contributed by atoms with Crippen LogP contribution in [0.1, 0.15) is 17.6 Å². The Balaban J connectivity index is 2.25. The minimum Gasteiger partial charge on any atom is -0.370 e. The molecule has 0 saturated heterocycles. The highest BCUT2D eigenvalue weighted by molar-refractivity contribution is 9.10. The van der Waals surface area contributed by atoms with Crippen molar-refractivity contribution in [3.8, 4) is 10.7 Å². The van der Waals surface area contributed by atoms with Gasteiger partial charge in [-0.25, -0.2) is 15.0 Å². The van der Waals surface area contributed by atoms with Crippen LogP contribution in [0.5, 0.6) is 0 Å². The van der Waals surface area contributed by atoms with Gasteiger partial charge in [-0.15, -0.1) is 11.3 Å². The first-order chi connectivity index (χ1) is 10.1. The van der Waals surface area contributed by atoms with Crippen LogP contribution in [-0.2, 0) is 0 Å². The van der Waals surface area contributed by atoms with Crippen molar-refractivity contribution in [1.82, 2.24) is 15.0 Å². The SMILES string of the molecule is CCNc1nc(-c2sc(C)nc2C)nc2ccc(Br)cc12. The average Bonchev–Trinajstić information content (AvgIpc) is 2.78. The molecule has 0 bridgehead atoms. The van der Waals surface area contributed by atoms with E-state index in [0.29, 0.717) is 0 Å². The number of benzene rings is 1. The van der Waals surface area contributed by atoms with E-state index in [9.17, 15) is 0 Å². The van der Waals surface area contributed by atoms with E-state index in [1.54, 1.807) is 11.3 Å². The Morgan fingerprint density at radius 3 is 2.67 bits per heavy atom. The molecular weight excluding hydrogens is 348 g/mol. The molecule has 2 aromatic heterocycles. The Morgan fingerprint density at radius 2 is 2.00 bits per heavy atom. The van der Waals surface area contributed by atoms with Gasteiger partial charge in [0.2, 0.25) is 0 Å². The summed E-state index contributed by atoms with van der Waals surface area (Å²) in [6, 6.07) is 6.05. The van der Waals surface area contributed by atoms with E-state index in [1.807, 2.05) is 32.0 Å². The second-order valence-corrected chi connectivity index (χ2v) is 6.85. The van der Waals surface area contributed by atoms with Gasteiger partial charge in [0.25, 0.3) is 0 Å². The van der Waals surface area contributed by atoms with Crippen LogP contribution in [0.2, 0.25) is 0 Å². The van der Waals surface area contributed by atoms with Crippen LogP contribution in [-0.4, -0.2) is 21.5 Å². The fourth-order valence-corrected chi connectivity index (χ4v) is 3.46. The van der Waals surface area contributed by atoms with Gasteiger partial charge >= 0.3 is 0 Å². The molecule has 0 aliphatic heterocycles. The zero-order chi connectivity index (χ0) is 15.0. The Kier molecular flexibility index (Phi) is 3.91. The van der Waals surface area contributed by atoms with E-state index in [1.165, 1.54) is 0 Å². The minimum absolute atomic E-state index is 0.740. The molecule has 0 unspecified atom stereocenters. The van der Waals surface area contributed by atoms with Crippen LogP contribution in [0.25, 0.3) is 21.6 Å². The van der Waals surface area contributed by atoms with Crippen LogP contribution in [0.3, 0.4) is 0 Å². The number of aryl methyl sites for hydroxylation is 2. The Bertz CT molecular complexity index is 813. The maximum Gasteiger partial charge on any atom is 0.174 e. The van der Waals surface area contributed by atoms with Crippen LogP contribution < -0.4 is 5.32 Å². The molecule has 21 heavy (non-hydrogen) atoms. The van der Waals surface area contributed by atoms with Gasteiger partial charge in [-0.05, 0) is 39.0 Å². The van der Waals surface area contributed by atoms with E-state index in [0.717, 1.165) is 49.1 Å². The van der Waals surface area contributed by atoms with Gasteiger partial charge < -0.3 is 5.32 Å². The molecule has 0 saturated carbocycles. The second-order valence-electron chi connectivity index (χ2n) is 4.74.